The Morgan fingerprint density at radius 2 is 2.35 bits per heavy atom. The molecule has 0 atom stereocenters. The van der Waals surface area contributed by atoms with Crippen molar-refractivity contribution in [1.29, 1.82) is 0 Å². The van der Waals surface area contributed by atoms with E-state index in [2.05, 4.69) is 15.2 Å². The maximum absolute atomic E-state index is 11.4. The van der Waals surface area contributed by atoms with E-state index >= 15 is 0 Å². The molecular weight excluding hydrogens is 244 g/mol. The summed E-state index contributed by atoms with van der Waals surface area (Å²) in [6.07, 6.45) is 0.638. The third kappa shape index (κ3) is 3.15. The van der Waals surface area contributed by atoms with Gasteiger partial charge in [0.15, 0.2) is 5.76 Å². The van der Waals surface area contributed by atoms with Crippen molar-refractivity contribution in [2.75, 3.05) is 0 Å². The highest BCUT2D eigenvalue weighted by Gasteiger charge is 2.13. The minimum atomic E-state index is -0.820. The maximum Gasteiger partial charge on any atom is 0.415 e. The highest BCUT2D eigenvalue weighted by molar-refractivity contribution is 7.12. The number of carbonyl (C=O) groups excluding carboxylic acids is 2. The molecular formula is C10H8N2O4S. The highest BCUT2D eigenvalue weighted by atomic mass is 32.1. The molecule has 0 aliphatic rings. The number of nitrogens with one attached hydrogen (secondary N) is 1. The van der Waals surface area contributed by atoms with E-state index in [9.17, 15) is 9.59 Å². The summed E-state index contributed by atoms with van der Waals surface area (Å²) < 4.78 is 9.31. The largest absolute Gasteiger partial charge is 0.415 e. The molecule has 2 aromatic heterocycles. The Bertz CT molecular complexity index is 492. The average Bonchev–Trinajstić information content (AvgIpc) is 2.99. The molecule has 0 unspecified atom stereocenters. The first-order valence-electron chi connectivity index (χ1n) is 4.69. The molecule has 0 saturated heterocycles. The van der Waals surface area contributed by atoms with Crippen molar-refractivity contribution in [3.63, 3.8) is 0 Å². The summed E-state index contributed by atoms with van der Waals surface area (Å²) in [5.41, 5.74) is 0. The summed E-state index contributed by atoms with van der Waals surface area (Å²) in [7, 11) is 0. The fourth-order valence-corrected chi connectivity index (χ4v) is 1.66. The van der Waals surface area contributed by atoms with Gasteiger partial charge < -0.3 is 14.6 Å². The van der Waals surface area contributed by atoms with Gasteiger partial charge in [-0.3, -0.25) is 0 Å². The lowest BCUT2D eigenvalue weighted by atomic mass is 10.4. The van der Waals surface area contributed by atoms with Crippen LogP contribution in [-0.4, -0.2) is 17.2 Å². The summed E-state index contributed by atoms with van der Waals surface area (Å²) >= 11 is 1.21. The van der Waals surface area contributed by atoms with Gasteiger partial charge in [-0.05, 0) is 11.4 Å². The van der Waals surface area contributed by atoms with Gasteiger partial charge >= 0.3 is 12.1 Å². The van der Waals surface area contributed by atoms with Crippen LogP contribution in [0.4, 0.5) is 4.79 Å². The Morgan fingerprint density at radius 3 is 3.00 bits per heavy atom. The molecule has 2 rings (SSSR count). The van der Waals surface area contributed by atoms with Crippen LogP contribution in [-0.2, 0) is 11.3 Å². The fourth-order valence-electron chi connectivity index (χ4n) is 1.06. The van der Waals surface area contributed by atoms with Crippen molar-refractivity contribution in [3.8, 4) is 0 Å². The predicted molar refractivity (Wildman–Crippen MR) is 58.5 cm³/mol. The van der Waals surface area contributed by atoms with E-state index in [-0.39, 0.29) is 6.54 Å². The fraction of sp³-hybridized carbons (Fsp3) is 0.100. The second-order valence-corrected chi connectivity index (χ2v) is 3.93. The molecule has 0 aliphatic heterocycles. The van der Waals surface area contributed by atoms with Crippen LogP contribution in [0.3, 0.4) is 0 Å². The van der Waals surface area contributed by atoms with Crippen LogP contribution in [0, 0.1) is 0 Å². The van der Waals surface area contributed by atoms with Crippen molar-refractivity contribution in [1.82, 2.24) is 10.5 Å². The van der Waals surface area contributed by atoms with E-state index in [4.69, 9.17) is 4.52 Å². The molecule has 2 heterocycles. The third-order valence-electron chi connectivity index (χ3n) is 1.81. The van der Waals surface area contributed by atoms with E-state index in [1.807, 2.05) is 0 Å². The molecule has 0 aromatic carbocycles. The first-order chi connectivity index (χ1) is 8.25. The highest BCUT2D eigenvalue weighted by Crippen LogP contribution is 2.09. The first kappa shape index (κ1) is 11.3. The average molecular weight is 252 g/mol. The molecule has 88 valence electrons. The summed E-state index contributed by atoms with van der Waals surface area (Å²) in [6.45, 7) is 0.122. The number of ether oxygens (including phenoxy) is 1. The lowest BCUT2D eigenvalue weighted by Gasteiger charge is -2.02. The van der Waals surface area contributed by atoms with Gasteiger partial charge in [0.25, 0.3) is 0 Å². The smallest absolute Gasteiger partial charge is 0.372 e. The van der Waals surface area contributed by atoms with Crippen LogP contribution in [0.15, 0.2) is 34.3 Å². The van der Waals surface area contributed by atoms with Crippen molar-refractivity contribution in [2.45, 2.75) is 6.54 Å². The van der Waals surface area contributed by atoms with Gasteiger partial charge in [-0.1, -0.05) is 11.2 Å². The molecule has 17 heavy (non-hydrogen) atoms. The third-order valence-corrected chi connectivity index (χ3v) is 2.66. The van der Waals surface area contributed by atoms with Gasteiger partial charge in [-0.15, -0.1) is 11.3 Å². The van der Waals surface area contributed by atoms with Gasteiger partial charge in [0.2, 0.25) is 0 Å². The molecule has 0 radical (unpaired) electrons. The summed E-state index contributed by atoms with van der Waals surface area (Å²) in [4.78, 5) is 23.0. The number of hydrogen-bond acceptors (Lipinski definition) is 6. The zero-order valence-corrected chi connectivity index (χ0v) is 9.40. The topological polar surface area (TPSA) is 81.4 Å². The molecule has 0 aliphatic carbocycles. The number of rotatable bonds is 3. The van der Waals surface area contributed by atoms with Crippen LogP contribution in [0.1, 0.15) is 15.4 Å². The molecule has 0 fully saturated rings. The number of alkyl carbamates (subject to hydrolysis) is 1. The Kier molecular flexibility index (Phi) is 3.51. The minimum Gasteiger partial charge on any atom is -0.372 e. The summed E-state index contributed by atoms with van der Waals surface area (Å²) in [5.74, 6) is -0.194. The number of nitrogens with zero attached hydrogens (tertiary/aromatic N) is 1. The van der Waals surface area contributed by atoms with Crippen LogP contribution < -0.4 is 5.32 Å². The molecule has 0 spiro atoms. The first-order valence-corrected chi connectivity index (χ1v) is 5.57. The number of esters is 1. The van der Waals surface area contributed by atoms with Crippen LogP contribution in [0.5, 0.6) is 0 Å². The van der Waals surface area contributed by atoms with Gasteiger partial charge in [-0.25, -0.2) is 9.59 Å². The maximum atomic E-state index is 11.4. The number of amides is 1. The van der Waals surface area contributed by atoms with Gasteiger partial charge in [0, 0.05) is 6.07 Å². The zero-order chi connectivity index (χ0) is 12.1. The number of thiophene rings is 1. The molecule has 1 N–H and O–H groups in total. The molecule has 0 bridgehead atoms. The second-order valence-electron chi connectivity index (χ2n) is 2.99. The van der Waals surface area contributed by atoms with Crippen LogP contribution >= 0.6 is 11.3 Å². The Labute approximate surface area is 100 Å². The number of hydrogen-bond donors (Lipinski definition) is 1. The van der Waals surface area contributed by atoms with Crippen LogP contribution in [0.2, 0.25) is 0 Å². The van der Waals surface area contributed by atoms with E-state index < -0.39 is 12.1 Å². The molecule has 7 heteroatoms. The SMILES string of the molecule is O=C(NCc1ccno1)OC(=O)c1cccs1. The predicted octanol–water partition coefficient (Wildman–Crippen LogP) is 1.80. The minimum absolute atomic E-state index is 0.122. The van der Waals surface area contributed by atoms with Crippen molar-refractivity contribution < 1.29 is 18.8 Å². The van der Waals surface area contributed by atoms with Crippen molar-refractivity contribution in [3.05, 3.63) is 40.4 Å². The van der Waals surface area contributed by atoms with E-state index in [1.54, 1.807) is 23.6 Å². The molecule has 0 saturated carbocycles. The second kappa shape index (κ2) is 5.26. The lowest BCUT2D eigenvalue weighted by Crippen LogP contribution is -2.26. The van der Waals surface area contributed by atoms with Gasteiger partial charge in [0.1, 0.15) is 4.88 Å². The lowest BCUT2D eigenvalue weighted by molar-refractivity contribution is 0.0625. The monoisotopic (exact) mass is 252 g/mol. The van der Waals surface area contributed by atoms with Gasteiger partial charge in [-0.2, -0.15) is 0 Å². The van der Waals surface area contributed by atoms with Crippen LogP contribution in [0.25, 0.3) is 0 Å². The summed E-state index contributed by atoms with van der Waals surface area (Å²) in [6, 6.07) is 4.88. The van der Waals surface area contributed by atoms with E-state index in [0.29, 0.717) is 10.6 Å². The number of carbonyl (C=O) groups is 2. The van der Waals surface area contributed by atoms with E-state index in [0.717, 1.165) is 0 Å². The summed E-state index contributed by atoms with van der Waals surface area (Å²) in [5, 5.41) is 7.56. The molecule has 6 nitrogen and oxygen atoms in total. The Morgan fingerprint density at radius 1 is 1.47 bits per heavy atom. The number of aromatic nitrogens is 1. The van der Waals surface area contributed by atoms with Gasteiger partial charge in [0.05, 0.1) is 12.7 Å². The Balaban J connectivity index is 1.80. The molecule has 1 amide bonds. The standard InChI is InChI=1S/C10H8N2O4S/c13-9(8-2-1-5-17-8)15-10(14)11-6-7-3-4-12-16-7/h1-5H,6H2,(H,11,14). The Hall–Kier alpha value is -2.15. The zero-order valence-electron chi connectivity index (χ0n) is 8.58. The van der Waals surface area contributed by atoms with E-state index in [1.165, 1.54) is 17.5 Å². The van der Waals surface area contributed by atoms with Crippen molar-refractivity contribution >= 4 is 23.4 Å². The molecule has 2 aromatic rings. The normalized spacial score (nSPS) is 9.88. The van der Waals surface area contributed by atoms with Crippen molar-refractivity contribution in [2.24, 2.45) is 0 Å². The quantitative estimate of drug-likeness (QED) is 0.665.